The molecule has 4 nitrogen and oxygen atoms in total. The van der Waals surface area contributed by atoms with Crippen LogP contribution < -0.4 is 4.74 Å². The van der Waals surface area contributed by atoms with Crippen molar-refractivity contribution in [3.8, 4) is 5.75 Å². The van der Waals surface area contributed by atoms with Crippen molar-refractivity contribution in [1.82, 2.24) is 0 Å². The number of carboxylic acids is 1. The number of rotatable bonds is 4. The first-order valence-electron chi connectivity index (χ1n) is 4.55. The van der Waals surface area contributed by atoms with Crippen molar-refractivity contribution in [2.75, 3.05) is 7.11 Å². The standard InChI is InChI=1S/C10H8F4O4/c1-17-8(9(15)16)5-2-3-6(11)7(4-5)18-10(12,13)14/h2-4,8H,1H3,(H,15,16). The largest absolute Gasteiger partial charge is 0.573 e. The van der Waals surface area contributed by atoms with E-state index in [9.17, 15) is 22.4 Å². The number of aliphatic carboxylic acids is 1. The lowest BCUT2D eigenvalue weighted by Gasteiger charge is -2.14. The molecule has 0 radical (unpaired) electrons. The highest BCUT2D eigenvalue weighted by Gasteiger charge is 2.33. The molecule has 0 saturated heterocycles. The minimum absolute atomic E-state index is 0.161. The van der Waals surface area contributed by atoms with Crippen LogP contribution in [0.4, 0.5) is 17.6 Å². The maximum absolute atomic E-state index is 13.1. The third-order valence-corrected chi connectivity index (χ3v) is 1.94. The molecule has 18 heavy (non-hydrogen) atoms. The fraction of sp³-hybridized carbons (Fsp3) is 0.300. The van der Waals surface area contributed by atoms with E-state index < -0.39 is 30.0 Å². The number of halogens is 4. The molecule has 0 fully saturated rings. The van der Waals surface area contributed by atoms with Gasteiger partial charge in [-0.2, -0.15) is 0 Å². The molecule has 1 rings (SSSR count). The van der Waals surface area contributed by atoms with Crippen molar-refractivity contribution in [2.45, 2.75) is 12.5 Å². The molecule has 8 heteroatoms. The number of hydrogen-bond donors (Lipinski definition) is 1. The zero-order valence-corrected chi connectivity index (χ0v) is 8.99. The van der Waals surface area contributed by atoms with Crippen LogP contribution in [0.1, 0.15) is 11.7 Å². The molecular weight excluding hydrogens is 260 g/mol. The molecule has 1 N–H and O–H groups in total. The maximum atomic E-state index is 13.1. The van der Waals surface area contributed by atoms with Gasteiger partial charge in [-0.25, -0.2) is 9.18 Å². The predicted octanol–water partition coefficient (Wildman–Crippen LogP) is 2.50. The molecule has 0 aliphatic carbocycles. The van der Waals surface area contributed by atoms with Crippen molar-refractivity contribution in [3.63, 3.8) is 0 Å². The van der Waals surface area contributed by atoms with E-state index >= 15 is 0 Å². The average Bonchev–Trinajstić information content (AvgIpc) is 2.21. The Balaban J connectivity index is 3.10. The Kier molecular flexibility index (Phi) is 4.12. The molecule has 0 spiro atoms. The van der Waals surface area contributed by atoms with E-state index in [4.69, 9.17) is 5.11 Å². The Bertz CT molecular complexity index is 444. The van der Waals surface area contributed by atoms with Crippen LogP contribution in [0.15, 0.2) is 18.2 Å². The number of ether oxygens (including phenoxy) is 2. The lowest BCUT2D eigenvalue weighted by atomic mass is 10.1. The van der Waals surface area contributed by atoms with E-state index in [1.54, 1.807) is 0 Å². The van der Waals surface area contributed by atoms with Crippen molar-refractivity contribution in [1.29, 1.82) is 0 Å². The predicted molar refractivity (Wildman–Crippen MR) is 50.5 cm³/mol. The second-order valence-corrected chi connectivity index (χ2v) is 3.19. The zero-order chi connectivity index (χ0) is 13.9. The first-order valence-corrected chi connectivity index (χ1v) is 4.55. The minimum atomic E-state index is -5.06. The molecule has 0 amide bonds. The highest BCUT2D eigenvalue weighted by Crippen LogP contribution is 2.29. The van der Waals surface area contributed by atoms with Crippen LogP contribution in [0.3, 0.4) is 0 Å². The van der Waals surface area contributed by atoms with Gasteiger partial charge in [0.15, 0.2) is 17.7 Å². The number of benzene rings is 1. The van der Waals surface area contributed by atoms with Gasteiger partial charge in [0.1, 0.15) is 0 Å². The van der Waals surface area contributed by atoms with Crippen molar-refractivity contribution >= 4 is 5.97 Å². The van der Waals surface area contributed by atoms with Gasteiger partial charge in [0.25, 0.3) is 0 Å². The van der Waals surface area contributed by atoms with Gasteiger partial charge in [0.05, 0.1) is 0 Å². The summed E-state index contributed by atoms with van der Waals surface area (Å²) in [5.41, 5.74) is -0.161. The molecule has 0 aliphatic rings. The van der Waals surface area contributed by atoms with Crippen LogP contribution in [0.2, 0.25) is 0 Å². The molecule has 1 atom stereocenters. The SMILES string of the molecule is COC(C(=O)O)c1ccc(F)c(OC(F)(F)F)c1. The van der Waals surface area contributed by atoms with Gasteiger partial charge in [-0.15, -0.1) is 13.2 Å². The van der Waals surface area contributed by atoms with Crippen LogP contribution >= 0.6 is 0 Å². The Morgan fingerprint density at radius 2 is 2.00 bits per heavy atom. The number of carboxylic acid groups (broad SMARTS) is 1. The highest BCUT2D eigenvalue weighted by molar-refractivity contribution is 5.74. The Morgan fingerprint density at radius 3 is 2.44 bits per heavy atom. The van der Waals surface area contributed by atoms with Gasteiger partial charge in [-0.1, -0.05) is 6.07 Å². The lowest BCUT2D eigenvalue weighted by Crippen LogP contribution is -2.19. The van der Waals surface area contributed by atoms with Gasteiger partial charge in [-0.3, -0.25) is 0 Å². The molecule has 1 aromatic rings. The Morgan fingerprint density at radius 1 is 1.39 bits per heavy atom. The van der Waals surface area contributed by atoms with Gasteiger partial charge in [0, 0.05) is 7.11 Å². The van der Waals surface area contributed by atoms with Crippen LogP contribution in [-0.4, -0.2) is 24.5 Å². The van der Waals surface area contributed by atoms with Gasteiger partial charge < -0.3 is 14.6 Å². The first kappa shape index (κ1) is 14.2. The quantitative estimate of drug-likeness (QED) is 0.852. The normalized spacial score (nSPS) is 13.2. The van der Waals surface area contributed by atoms with E-state index in [1.807, 2.05) is 0 Å². The first-order chi connectivity index (χ1) is 8.24. The van der Waals surface area contributed by atoms with E-state index in [1.165, 1.54) is 0 Å². The van der Waals surface area contributed by atoms with Crippen LogP contribution in [0.25, 0.3) is 0 Å². The fourth-order valence-corrected chi connectivity index (χ4v) is 1.27. The Labute approximate surface area is 98.7 Å². The zero-order valence-electron chi connectivity index (χ0n) is 8.99. The third-order valence-electron chi connectivity index (χ3n) is 1.94. The van der Waals surface area contributed by atoms with E-state index in [2.05, 4.69) is 9.47 Å². The Hall–Kier alpha value is -1.83. The van der Waals surface area contributed by atoms with E-state index in [0.717, 1.165) is 13.2 Å². The summed E-state index contributed by atoms with van der Waals surface area (Å²) in [4.78, 5) is 10.7. The monoisotopic (exact) mass is 268 g/mol. The minimum Gasteiger partial charge on any atom is -0.479 e. The second kappa shape index (κ2) is 5.21. The summed E-state index contributed by atoms with van der Waals surface area (Å²) in [7, 11) is 1.06. The number of carbonyl (C=O) groups is 1. The second-order valence-electron chi connectivity index (χ2n) is 3.19. The summed E-state index contributed by atoms with van der Waals surface area (Å²) in [5, 5.41) is 8.74. The number of methoxy groups -OCH3 is 1. The van der Waals surface area contributed by atoms with Gasteiger partial charge in [-0.05, 0) is 17.7 Å². The molecule has 0 aliphatic heterocycles. The molecule has 0 aromatic heterocycles. The summed E-state index contributed by atoms with van der Waals surface area (Å²) >= 11 is 0. The number of alkyl halides is 3. The lowest BCUT2D eigenvalue weighted by molar-refractivity contribution is -0.275. The van der Waals surface area contributed by atoms with Crippen LogP contribution in [0.5, 0.6) is 5.75 Å². The molecular formula is C10H8F4O4. The molecule has 100 valence electrons. The van der Waals surface area contributed by atoms with Crippen molar-refractivity contribution < 1.29 is 36.9 Å². The summed E-state index contributed by atoms with van der Waals surface area (Å²) in [6.45, 7) is 0. The fourth-order valence-electron chi connectivity index (χ4n) is 1.27. The third kappa shape index (κ3) is 3.59. The van der Waals surface area contributed by atoms with Crippen LogP contribution in [0, 0.1) is 5.82 Å². The molecule has 0 bridgehead atoms. The summed E-state index contributed by atoms with van der Waals surface area (Å²) < 4.78 is 56.9. The smallest absolute Gasteiger partial charge is 0.479 e. The van der Waals surface area contributed by atoms with E-state index in [-0.39, 0.29) is 5.56 Å². The highest BCUT2D eigenvalue weighted by atomic mass is 19.4. The topological polar surface area (TPSA) is 55.8 Å². The molecule has 0 heterocycles. The van der Waals surface area contributed by atoms with E-state index in [0.29, 0.717) is 12.1 Å². The average molecular weight is 268 g/mol. The van der Waals surface area contributed by atoms with Crippen LogP contribution in [-0.2, 0) is 9.53 Å². The number of hydrogen-bond acceptors (Lipinski definition) is 3. The maximum Gasteiger partial charge on any atom is 0.573 e. The summed E-state index contributed by atoms with van der Waals surface area (Å²) in [5.74, 6) is -3.78. The molecule has 0 saturated carbocycles. The summed E-state index contributed by atoms with van der Waals surface area (Å²) in [6.07, 6.45) is -6.56. The van der Waals surface area contributed by atoms with Gasteiger partial charge in [0.2, 0.25) is 0 Å². The van der Waals surface area contributed by atoms with Gasteiger partial charge >= 0.3 is 12.3 Å². The molecule has 1 unspecified atom stereocenters. The van der Waals surface area contributed by atoms with Crippen molar-refractivity contribution in [3.05, 3.63) is 29.6 Å². The van der Waals surface area contributed by atoms with Crippen molar-refractivity contribution in [2.24, 2.45) is 0 Å². The summed E-state index contributed by atoms with van der Waals surface area (Å²) in [6, 6.07) is 2.30. The molecule has 1 aromatic carbocycles.